The zero-order valence-corrected chi connectivity index (χ0v) is 16.7. The highest BCUT2D eigenvalue weighted by molar-refractivity contribution is 7.99. The largest absolute Gasteiger partial charge is 0.233 e. The average Bonchev–Trinajstić information content (AvgIpc) is 3.04. The van der Waals surface area contributed by atoms with E-state index in [9.17, 15) is 5.26 Å². The molecule has 138 valence electrons. The van der Waals surface area contributed by atoms with E-state index in [0.29, 0.717) is 5.75 Å². The van der Waals surface area contributed by atoms with E-state index in [-0.39, 0.29) is 0 Å². The number of nitrogens with zero attached hydrogens (tertiary/aromatic N) is 4. The molecule has 0 aliphatic carbocycles. The molecule has 0 unspecified atom stereocenters. The van der Waals surface area contributed by atoms with E-state index >= 15 is 0 Å². The van der Waals surface area contributed by atoms with E-state index in [0.717, 1.165) is 45.2 Å². The van der Waals surface area contributed by atoms with Crippen molar-refractivity contribution in [3.8, 4) is 17.2 Å². The molecule has 0 saturated heterocycles. The average molecular weight is 385 g/mol. The second-order valence-electron chi connectivity index (χ2n) is 6.65. The standard InChI is InChI=1S/C23H20N4S/c1-16-20(15-18-9-5-3-6-10-18)23(28-14-13-24)27-22(25-16)21(17(2)26-27)19-11-7-4-8-12-19/h3-12H,14-15H2,1-2H3. The van der Waals surface area contributed by atoms with Gasteiger partial charge in [-0.1, -0.05) is 72.4 Å². The van der Waals surface area contributed by atoms with Gasteiger partial charge in [0, 0.05) is 23.2 Å². The van der Waals surface area contributed by atoms with Gasteiger partial charge < -0.3 is 0 Å². The molecule has 4 rings (SSSR count). The van der Waals surface area contributed by atoms with Gasteiger partial charge in [-0.25, -0.2) is 9.50 Å². The van der Waals surface area contributed by atoms with Crippen molar-refractivity contribution in [2.75, 3.05) is 5.75 Å². The third-order valence-electron chi connectivity index (χ3n) is 4.76. The predicted octanol–water partition coefficient (Wildman–Crippen LogP) is 5.22. The van der Waals surface area contributed by atoms with Gasteiger partial charge in [-0.15, -0.1) is 0 Å². The molecule has 0 fully saturated rings. The Morgan fingerprint density at radius 1 is 0.964 bits per heavy atom. The number of nitriles is 1. The summed E-state index contributed by atoms with van der Waals surface area (Å²) >= 11 is 1.53. The third kappa shape index (κ3) is 3.39. The molecule has 0 amide bonds. The Hall–Kier alpha value is -3.10. The number of hydrogen-bond donors (Lipinski definition) is 0. The monoisotopic (exact) mass is 384 g/mol. The van der Waals surface area contributed by atoms with Crippen molar-refractivity contribution in [2.45, 2.75) is 25.3 Å². The van der Waals surface area contributed by atoms with Crippen LogP contribution < -0.4 is 0 Å². The van der Waals surface area contributed by atoms with Gasteiger partial charge in [-0.05, 0) is 25.0 Å². The number of fused-ring (bicyclic) bond motifs is 1. The second kappa shape index (κ2) is 7.87. The Balaban J connectivity index is 1.93. The molecule has 0 aliphatic heterocycles. The molecule has 4 aromatic rings. The first-order chi connectivity index (χ1) is 13.7. The van der Waals surface area contributed by atoms with E-state index in [1.807, 2.05) is 54.8 Å². The Morgan fingerprint density at radius 3 is 2.32 bits per heavy atom. The summed E-state index contributed by atoms with van der Waals surface area (Å²) in [6, 6.07) is 22.8. The van der Waals surface area contributed by atoms with Crippen LogP contribution in [0.3, 0.4) is 0 Å². The topological polar surface area (TPSA) is 54.0 Å². The van der Waals surface area contributed by atoms with Gasteiger partial charge in [0.1, 0.15) is 5.03 Å². The first-order valence-electron chi connectivity index (χ1n) is 9.17. The Morgan fingerprint density at radius 2 is 1.64 bits per heavy atom. The summed E-state index contributed by atoms with van der Waals surface area (Å²) in [6.07, 6.45) is 0.767. The first kappa shape index (κ1) is 18.3. The molecule has 0 aliphatic rings. The molecule has 2 aromatic heterocycles. The fourth-order valence-corrected chi connectivity index (χ4v) is 4.31. The van der Waals surface area contributed by atoms with Crippen LogP contribution in [0.2, 0.25) is 0 Å². The van der Waals surface area contributed by atoms with Crippen molar-refractivity contribution < 1.29 is 0 Å². The minimum atomic E-state index is 0.375. The highest BCUT2D eigenvalue weighted by Crippen LogP contribution is 2.33. The van der Waals surface area contributed by atoms with E-state index in [1.165, 1.54) is 17.3 Å². The fraction of sp³-hybridized carbons (Fsp3) is 0.174. The molecule has 5 heteroatoms. The molecule has 4 nitrogen and oxygen atoms in total. The lowest BCUT2D eigenvalue weighted by atomic mass is 10.0. The maximum atomic E-state index is 9.17. The van der Waals surface area contributed by atoms with Crippen molar-refractivity contribution in [2.24, 2.45) is 0 Å². The molecular formula is C23H20N4S. The lowest BCUT2D eigenvalue weighted by Crippen LogP contribution is -2.06. The van der Waals surface area contributed by atoms with E-state index in [4.69, 9.17) is 10.1 Å². The molecule has 2 heterocycles. The predicted molar refractivity (Wildman–Crippen MR) is 113 cm³/mol. The summed E-state index contributed by atoms with van der Waals surface area (Å²) in [7, 11) is 0. The summed E-state index contributed by atoms with van der Waals surface area (Å²) in [5, 5.41) is 15.0. The molecular weight excluding hydrogens is 364 g/mol. The molecule has 0 saturated carbocycles. The zero-order chi connectivity index (χ0) is 19.5. The third-order valence-corrected chi connectivity index (χ3v) is 5.72. The van der Waals surface area contributed by atoms with E-state index in [2.05, 4.69) is 30.3 Å². The number of aryl methyl sites for hydroxylation is 2. The van der Waals surface area contributed by atoms with Crippen molar-refractivity contribution in [1.82, 2.24) is 14.6 Å². The van der Waals surface area contributed by atoms with Crippen molar-refractivity contribution in [3.63, 3.8) is 0 Å². The van der Waals surface area contributed by atoms with Crippen LogP contribution in [0.4, 0.5) is 0 Å². The van der Waals surface area contributed by atoms with Crippen LogP contribution in [-0.4, -0.2) is 20.4 Å². The van der Waals surface area contributed by atoms with Crippen LogP contribution in [0.15, 0.2) is 65.7 Å². The van der Waals surface area contributed by atoms with Crippen LogP contribution in [0.5, 0.6) is 0 Å². The van der Waals surface area contributed by atoms with Gasteiger partial charge in [0.15, 0.2) is 5.65 Å². The van der Waals surface area contributed by atoms with E-state index in [1.54, 1.807) is 0 Å². The number of benzene rings is 2. The zero-order valence-electron chi connectivity index (χ0n) is 15.9. The highest BCUT2D eigenvalue weighted by atomic mass is 32.2. The maximum Gasteiger partial charge on any atom is 0.164 e. The minimum absolute atomic E-state index is 0.375. The van der Waals surface area contributed by atoms with Gasteiger partial charge in [0.05, 0.1) is 17.5 Å². The normalized spacial score (nSPS) is 10.9. The molecule has 2 aromatic carbocycles. The summed E-state index contributed by atoms with van der Waals surface area (Å²) in [4.78, 5) is 4.94. The highest BCUT2D eigenvalue weighted by Gasteiger charge is 2.20. The van der Waals surface area contributed by atoms with Crippen LogP contribution in [-0.2, 0) is 6.42 Å². The van der Waals surface area contributed by atoms with Gasteiger partial charge in [-0.2, -0.15) is 10.4 Å². The molecule has 0 N–H and O–H groups in total. The van der Waals surface area contributed by atoms with Crippen molar-refractivity contribution >= 4 is 17.4 Å². The molecule has 28 heavy (non-hydrogen) atoms. The number of rotatable bonds is 5. The summed E-state index contributed by atoms with van der Waals surface area (Å²) in [5.41, 5.74) is 7.27. The molecule has 0 radical (unpaired) electrons. The molecule has 0 spiro atoms. The summed E-state index contributed by atoms with van der Waals surface area (Å²) in [5.74, 6) is 0.375. The lowest BCUT2D eigenvalue weighted by Gasteiger charge is -2.13. The van der Waals surface area contributed by atoms with Crippen LogP contribution in [0.25, 0.3) is 16.8 Å². The van der Waals surface area contributed by atoms with Gasteiger partial charge in [-0.3, -0.25) is 0 Å². The second-order valence-corrected chi connectivity index (χ2v) is 7.62. The number of hydrogen-bond acceptors (Lipinski definition) is 4. The van der Waals surface area contributed by atoms with E-state index < -0.39 is 0 Å². The SMILES string of the molecule is Cc1nc2c(-c3ccccc3)c(C)nn2c(SCC#N)c1Cc1ccccc1. The number of thioether (sulfide) groups is 1. The molecule has 0 atom stereocenters. The Kier molecular flexibility index (Phi) is 5.14. The van der Waals surface area contributed by atoms with Gasteiger partial charge in [0.2, 0.25) is 0 Å². The summed E-state index contributed by atoms with van der Waals surface area (Å²) < 4.78 is 1.92. The van der Waals surface area contributed by atoms with Crippen LogP contribution >= 0.6 is 11.8 Å². The fourth-order valence-electron chi connectivity index (χ4n) is 3.46. The maximum absolute atomic E-state index is 9.17. The molecule has 0 bridgehead atoms. The van der Waals surface area contributed by atoms with Crippen LogP contribution in [0, 0.1) is 25.2 Å². The Labute approximate surface area is 168 Å². The summed E-state index contributed by atoms with van der Waals surface area (Å²) in [6.45, 7) is 4.06. The number of aromatic nitrogens is 3. The van der Waals surface area contributed by atoms with Crippen molar-refractivity contribution in [3.05, 3.63) is 83.2 Å². The lowest BCUT2D eigenvalue weighted by molar-refractivity contribution is 0.793. The van der Waals surface area contributed by atoms with Crippen molar-refractivity contribution in [1.29, 1.82) is 5.26 Å². The minimum Gasteiger partial charge on any atom is -0.233 e. The van der Waals surface area contributed by atoms with Gasteiger partial charge in [0.25, 0.3) is 0 Å². The Bertz CT molecular complexity index is 1160. The smallest absolute Gasteiger partial charge is 0.164 e. The van der Waals surface area contributed by atoms with Crippen LogP contribution in [0.1, 0.15) is 22.5 Å². The quantitative estimate of drug-likeness (QED) is 0.350. The van der Waals surface area contributed by atoms with Gasteiger partial charge >= 0.3 is 0 Å². The first-order valence-corrected chi connectivity index (χ1v) is 10.2.